The van der Waals surface area contributed by atoms with Crippen molar-refractivity contribution >= 4 is 6.03 Å². The molecular weight excluding hydrogens is 376 g/mol. The molecule has 3 rings (SSSR count). The molecule has 0 saturated heterocycles. The van der Waals surface area contributed by atoms with Crippen molar-refractivity contribution in [1.29, 1.82) is 0 Å². The van der Waals surface area contributed by atoms with Crippen LogP contribution < -0.4 is 14.8 Å². The van der Waals surface area contributed by atoms with Crippen molar-refractivity contribution in [2.45, 2.75) is 20.0 Å². The molecule has 3 aromatic rings. The van der Waals surface area contributed by atoms with Crippen molar-refractivity contribution in [3.8, 4) is 22.6 Å². The molecule has 0 heterocycles. The Morgan fingerprint density at radius 3 is 2.43 bits per heavy atom. The number of ether oxygens (including phenoxy) is 2. The van der Waals surface area contributed by atoms with Crippen molar-refractivity contribution < 1.29 is 14.3 Å². The predicted octanol–water partition coefficient (Wildman–Crippen LogP) is 5.10. The van der Waals surface area contributed by atoms with E-state index >= 15 is 0 Å². The maximum absolute atomic E-state index is 12.7. The van der Waals surface area contributed by atoms with E-state index in [-0.39, 0.29) is 6.03 Å². The lowest BCUT2D eigenvalue weighted by Crippen LogP contribution is -2.36. The Labute approximate surface area is 178 Å². The van der Waals surface area contributed by atoms with Crippen LogP contribution in [0.3, 0.4) is 0 Å². The maximum Gasteiger partial charge on any atom is 0.317 e. The van der Waals surface area contributed by atoms with E-state index in [9.17, 15) is 4.79 Å². The highest BCUT2D eigenvalue weighted by molar-refractivity contribution is 5.75. The van der Waals surface area contributed by atoms with Crippen molar-refractivity contribution in [3.05, 3.63) is 83.9 Å². The summed E-state index contributed by atoms with van der Waals surface area (Å²) >= 11 is 0. The summed E-state index contributed by atoms with van der Waals surface area (Å²) in [6.45, 7) is 3.43. The van der Waals surface area contributed by atoms with Gasteiger partial charge < -0.3 is 19.7 Å². The summed E-state index contributed by atoms with van der Waals surface area (Å²) in [5, 5.41) is 2.97. The van der Waals surface area contributed by atoms with Crippen molar-refractivity contribution in [2.24, 2.45) is 0 Å². The van der Waals surface area contributed by atoms with E-state index in [4.69, 9.17) is 9.47 Å². The fourth-order valence-corrected chi connectivity index (χ4v) is 3.29. The van der Waals surface area contributed by atoms with E-state index in [1.165, 1.54) is 0 Å². The molecule has 0 atom stereocenters. The van der Waals surface area contributed by atoms with Crippen LogP contribution in [0.2, 0.25) is 0 Å². The number of carbonyl (C=O) groups is 1. The van der Waals surface area contributed by atoms with Crippen LogP contribution in [-0.2, 0) is 13.1 Å². The first-order chi connectivity index (χ1) is 14.6. The number of hydrogen-bond acceptors (Lipinski definition) is 3. The Morgan fingerprint density at radius 1 is 0.967 bits per heavy atom. The molecule has 3 aromatic carbocycles. The first-order valence-corrected chi connectivity index (χ1v) is 10.0. The molecule has 0 aliphatic carbocycles. The van der Waals surface area contributed by atoms with Gasteiger partial charge in [-0.15, -0.1) is 0 Å². The molecule has 0 aliphatic rings. The molecule has 1 N–H and O–H groups in total. The Balaban J connectivity index is 1.64. The molecule has 30 heavy (non-hydrogen) atoms. The van der Waals surface area contributed by atoms with Crippen LogP contribution in [0, 0.1) is 0 Å². The van der Waals surface area contributed by atoms with E-state index in [2.05, 4.69) is 29.6 Å². The van der Waals surface area contributed by atoms with Crippen molar-refractivity contribution in [2.75, 3.05) is 20.8 Å². The standard InChI is InChI=1S/C25H28N2O3/c1-4-30-23-15-14-19(16-24(23)29-3)17-26-25(28)27(2)18-21-12-8-9-13-22(21)20-10-6-5-7-11-20/h5-16H,4,17-18H2,1-3H3,(H,26,28). The molecule has 0 unspecified atom stereocenters. The van der Waals surface area contributed by atoms with E-state index in [1.54, 1.807) is 19.1 Å². The largest absolute Gasteiger partial charge is 0.493 e. The average molecular weight is 405 g/mol. The first kappa shape index (κ1) is 21.2. The van der Waals surface area contributed by atoms with Gasteiger partial charge in [-0.25, -0.2) is 4.79 Å². The summed E-state index contributed by atoms with van der Waals surface area (Å²) in [5.41, 5.74) is 4.32. The van der Waals surface area contributed by atoms with E-state index in [0.29, 0.717) is 31.2 Å². The normalized spacial score (nSPS) is 10.4. The summed E-state index contributed by atoms with van der Waals surface area (Å²) in [7, 11) is 3.41. The lowest BCUT2D eigenvalue weighted by molar-refractivity contribution is 0.206. The summed E-state index contributed by atoms with van der Waals surface area (Å²) in [6, 6.07) is 23.9. The summed E-state index contributed by atoms with van der Waals surface area (Å²) in [6.07, 6.45) is 0. The molecule has 0 radical (unpaired) electrons. The number of hydrogen-bond donors (Lipinski definition) is 1. The second kappa shape index (κ2) is 10.3. The van der Waals surface area contributed by atoms with Gasteiger partial charge in [-0.2, -0.15) is 0 Å². The number of nitrogens with zero attached hydrogens (tertiary/aromatic N) is 1. The van der Waals surface area contributed by atoms with Crippen LogP contribution >= 0.6 is 0 Å². The topological polar surface area (TPSA) is 50.8 Å². The van der Waals surface area contributed by atoms with E-state index in [0.717, 1.165) is 22.3 Å². The molecule has 2 amide bonds. The van der Waals surface area contributed by atoms with Gasteiger partial charge in [-0.3, -0.25) is 0 Å². The summed E-state index contributed by atoms with van der Waals surface area (Å²) in [4.78, 5) is 14.3. The predicted molar refractivity (Wildman–Crippen MR) is 120 cm³/mol. The fraction of sp³-hybridized carbons (Fsp3) is 0.240. The van der Waals surface area contributed by atoms with Crippen LogP contribution in [0.15, 0.2) is 72.8 Å². The smallest absolute Gasteiger partial charge is 0.317 e. The maximum atomic E-state index is 12.7. The number of carbonyl (C=O) groups excluding carboxylic acids is 1. The third-order valence-corrected chi connectivity index (χ3v) is 4.83. The van der Waals surface area contributed by atoms with E-state index in [1.807, 2.05) is 55.5 Å². The Bertz CT molecular complexity index is 973. The highest BCUT2D eigenvalue weighted by atomic mass is 16.5. The fourth-order valence-electron chi connectivity index (χ4n) is 3.29. The average Bonchev–Trinajstić information content (AvgIpc) is 2.79. The number of benzene rings is 3. The highest BCUT2D eigenvalue weighted by Crippen LogP contribution is 2.28. The summed E-state index contributed by atoms with van der Waals surface area (Å²) in [5.74, 6) is 1.36. The molecule has 156 valence electrons. The lowest BCUT2D eigenvalue weighted by atomic mass is 9.99. The van der Waals surface area contributed by atoms with Crippen molar-refractivity contribution in [3.63, 3.8) is 0 Å². The van der Waals surface area contributed by atoms with Gasteiger partial charge in [0.25, 0.3) is 0 Å². The third-order valence-electron chi connectivity index (χ3n) is 4.83. The molecule has 0 spiro atoms. The molecule has 0 saturated carbocycles. The van der Waals surface area contributed by atoms with Gasteiger partial charge in [0.05, 0.1) is 13.7 Å². The monoisotopic (exact) mass is 404 g/mol. The molecule has 0 aromatic heterocycles. The van der Waals surface area contributed by atoms with Gasteiger partial charge in [0.15, 0.2) is 11.5 Å². The van der Waals surface area contributed by atoms with Gasteiger partial charge in [-0.05, 0) is 41.3 Å². The number of amides is 2. The van der Waals surface area contributed by atoms with E-state index < -0.39 is 0 Å². The SMILES string of the molecule is CCOc1ccc(CNC(=O)N(C)Cc2ccccc2-c2ccccc2)cc1OC. The third kappa shape index (κ3) is 5.32. The van der Waals surface area contributed by atoms with Crippen LogP contribution in [0.4, 0.5) is 4.79 Å². The van der Waals surface area contributed by atoms with Gasteiger partial charge in [0, 0.05) is 20.1 Å². The van der Waals surface area contributed by atoms with Crippen LogP contribution in [0.25, 0.3) is 11.1 Å². The van der Waals surface area contributed by atoms with Crippen LogP contribution in [0.1, 0.15) is 18.1 Å². The van der Waals surface area contributed by atoms with Gasteiger partial charge in [0.1, 0.15) is 0 Å². The Kier molecular flexibility index (Phi) is 7.33. The number of rotatable bonds is 8. The minimum absolute atomic E-state index is 0.134. The second-order valence-corrected chi connectivity index (χ2v) is 6.96. The first-order valence-electron chi connectivity index (χ1n) is 10.0. The molecule has 5 nitrogen and oxygen atoms in total. The molecule has 5 heteroatoms. The number of methoxy groups -OCH3 is 1. The van der Waals surface area contributed by atoms with Gasteiger partial charge in [0.2, 0.25) is 0 Å². The van der Waals surface area contributed by atoms with Gasteiger partial charge in [-0.1, -0.05) is 60.7 Å². The number of nitrogens with one attached hydrogen (secondary N) is 1. The Morgan fingerprint density at radius 2 is 1.70 bits per heavy atom. The van der Waals surface area contributed by atoms with Crippen molar-refractivity contribution in [1.82, 2.24) is 10.2 Å². The molecule has 0 fully saturated rings. The minimum Gasteiger partial charge on any atom is -0.493 e. The highest BCUT2D eigenvalue weighted by Gasteiger charge is 2.13. The zero-order chi connectivity index (χ0) is 21.3. The van der Waals surface area contributed by atoms with Gasteiger partial charge >= 0.3 is 6.03 Å². The summed E-state index contributed by atoms with van der Waals surface area (Å²) < 4.78 is 10.9. The molecular formula is C25H28N2O3. The zero-order valence-corrected chi connectivity index (χ0v) is 17.7. The number of urea groups is 1. The lowest BCUT2D eigenvalue weighted by Gasteiger charge is -2.20. The quantitative estimate of drug-likeness (QED) is 0.568. The molecule has 0 aliphatic heterocycles. The van der Waals surface area contributed by atoms with Crippen LogP contribution in [-0.4, -0.2) is 31.7 Å². The second-order valence-electron chi connectivity index (χ2n) is 6.96. The van der Waals surface area contributed by atoms with Crippen LogP contribution in [0.5, 0.6) is 11.5 Å². The molecule has 0 bridgehead atoms. The zero-order valence-electron chi connectivity index (χ0n) is 17.7. The minimum atomic E-state index is -0.134. The Hall–Kier alpha value is -3.47.